The Balaban J connectivity index is 2.73. The smallest absolute Gasteiger partial charge is 0.0882 e. The van der Waals surface area contributed by atoms with Gasteiger partial charge >= 0.3 is 0 Å². The highest BCUT2D eigenvalue weighted by Crippen LogP contribution is 2.26. The molecule has 4 nitrogen and oxygen atoms in total. The van der Waals surface area contributed by atoms with Gasteiger partial charge in [0, 0.05) is 25.3 Å². The van der Waals surface area contributed by atoms with Crippen LogP contribution in [0.15, 0.2) is 34.3 Å². The van der Waals surface area contributed by atoms with E-state index in [2.05, 4.69) is 9.98 Å². The number of hydrogen-bond acceptors (Lipinski definition) is 4. The Hall–Kier alpha value is -1.52. The van der Waals surface area contributed by atoms with E-state index in [-0.39, 0.29) is 12.2 Å². The van der Waals surface area contributed by atoms with E-state index in [1.54, 1.807) is 26.3 Å². The number of rotatable bonds is 6. The van der Waals surface area contributed by atoms with Gasteiger partial charge in [-0.3, -0.25) is 9.98 Å². The molecule has 2 unspecified atom stereocenters. The lowest BCUT2D eigenvalue weighted by Gasteiger charge is -2.01. The number of aliphatic hydroxyl groups excluding tert-OH is 2. The third kappa shape index (κ3) is 5.70. The zero-order valence-electron chi connectivity index (χ0n) is 10.8. The summed E-state index contributed by atoms with van der Waals surface area (Å²) in [5.74, 6) is 0. The number of aliphatic hydroxyl groups is 2. The minimum atomic E-state index is -0.389. The van der Waals surface area contributed by atoms with Crippen LogP contribution >= 0.6 is 0 Å². The van der Waals surface area contributed by atoms with Crippen LogP contribution in [0.3, 0.4) is 0 Å². The standard InChI is InChI=1S/C14H20N2O2/c1-11(17)7-9-15-13-5-3-4-6-14(13)16-10-8-12(2)18/h3-6,9-12,17-18H,7-8H2,1-2H3. The minimum Gasteiger partial charge on any atom is -0.393 e. The third-order valence-electron chi connectivity index (χ3n) is 2.24. The lowest BCUT2D eigenvalue weighted by atomic mass is 10.2. The van der Waals surface area contributed by atoms with Gasteiger partial charge in [-0.15, -0.1) is 0 Å². The van der Waals surface area contributed by atoms with E-state index in [1.165, 1.54) is 0 Å². The average Bonchev–Trinajstić information content (AvgIpc) is 2.30. The minimum absolute atomic E-state index is 0.389. The highest BCUT2D eigenvalue weighted by Gasteiger charge is 1.98. The Labute approximate surface area is 108 Å². The van der Waals surface area contributed by atoms with Crippen LogP contribution in [0.5, 0.6) is 0 Å². The van der Waals surface area contributed by atoms with E-state index in [9.17, 15) is 0 Å². The molecular weight excluding hydrogens is 228 g/mol. The molecule has 18 heavy (non-hydrogen) atoms. The van der Waals surface area contributed by atoms with Crippen molar-refractivity contribution in [2.24, 2.45) is 9.98 Å². The van der Waals surface area contributed by atoms with E-state index >= 15 is 0 Å². The van der Waals surface area contributed by atoms with Crippen LogP contribution in [-0.4, -0.2) is 34.9 Å². The molecule has 0 saturated heterocycles. The summed E-state index contributed by atoms with van der Waals surface area (Å²) < 4.78 is 0. The van der Waals surface area contributed by atoms with Gasteiger partial charge in [0.1, 0.15) is 0 Å². The maximum Gasteiger partial charge on any atom is 0.0882 e. The van der Waals surface area contributed by atoms with E-state index in [1.807, 2.05) is 24.3 Å². The quantitative estimate of drug-likeness (QED) is 0.760. The fraction of sp³-hybridized carbons (Fsp3) is 0.429. The van der Waals surface area contributed by atoms with Crippen LogP contribution in [0.4, 0.5) is 11.4 Å². The van der Waals surface area contributed by atoms with Gasteiger partial charge in [-0.1, -0.05) is 12.1 Å². The van der Waals surface area contributed by atoms with Gasteiger partial charge in [-0.25, -0.2) is 0 Å². The van der Waals surface area contributed by atoms with Crippen molar-refractivity contribution in [3.63, 3.8) is 0 Å². The molecule has 2 N–H and O–H groups in total. The number of aliphatic imine (C=N–C) groups is 2. The largest absolute Gasteiger partial charge is 0.393 e. The summed E-state index contributed by atoms with van der Waals surface area (Å²) in [5, 5.41) is 18.3. The lowest BCUT2D eigenvalue weighted by molar-refractivity contribution is 0.204. The van der Waals surface area contributed by atoms with Crippen molar-refractivity contribution >= 4 is 23.8 Å². The molecule has 0 aliphatic rings. The Bertz CT molecular complexity index is 373. The van der Waals surface area contributed by atoms with Crippen LogP contribution < -0.4 is 0 Å². The van der Waals surface area contributed by atoms with Crippen molar-refractivity contribution in [1.82, 2.24) is 0 Å². The second-order valence-corrected chi connectivity index (χ2v) is 4.28. The number of benzene rings is 1. The first-order valence-electron chi connectivity index (χ1n) is 6.10. The molecule has 4 heteroatoms. The van der Waals surface area contributed by atoms with Gasteiger partial charge in [0.2, 0.25) is 0 Å². The molecule has 0 aliphatic heterocycles. The molecule has 1 rings (SSSR count). The molecule has 0 saturated carbocycles. The maximum absolute atomic E-state index is 9.15. The molecule has 1 aromatic carbocycles. The summed E-state index contributed by atoms with van der Waals surface area (Å²) in [5.41, 5.74) is 1.53. The Morgan fingerprint density at radius 2 is 1.33 bits per heavy atom. The van der Waals surface area contributed by atoms with Gasteiger partial charge in [0.15, 0.2) is 0 Å². The van der Waals surface area contributed by atoms with Crippen LogP contribution in [0, 0.1) is 0 Å². The van der Waals surface area contributed by atoms with Gasteiger partial charge in [0.05, 0.1) is 23.6 Å². The molecule has 0 amide bonds. The van der Waals surface area contributed by atoms with Crippen LogP contribution in [0.25, 0.3) is 0 Å². The van der Waals surface area contributed by atoms with Crippen molar-refractivity contribution < 1.29 is 10.2 Å². The Kier molecular flexibility index (Phi) is 6.25. The molecule has 0 aliphatic carbocycles. The Morgan fingerprint density at radius 3 is 1.67 bits per heavy atom. The first-order valence-corrected chi connectivity index (χ1v) is 6.10. The van der Waals surface area contributed by atoms with Crippen molar-refractivity contribution in [3.05, 3.63) is 24.3 Å². The molecule has 2 atom stereocenters. The summed E-state index contributed by atoms with van der Waals surface area (Å²) in [7, 11) is 0. The molecule has 0 spiro atoms. The molecule has 0 bridgehead atoms. The van der Waals surface area contributed by atoms with E-state index in [4.69, 9.17) is 10.2 Å². The second-order valence-electron chi connectivity index (χ2n) is 4.28. The summed E-state index contributed by atoms with van der Waals surface area (Å²) in [6.07, 6.45) is 3.64. The molecule has 0 aromatic heterocycles. The highest BCUT2D eigenvalue weighted by atomic mass is 16.3. The van der Waals surface area contributed by atoms with Gasteiger partial charge in [-0.2, -0.15) is 0 Å². The summed E-state index contributed by atoms with van der Waals surface area (Å²) in [6.45, 7) is 3.44. The molecule has 0 heterocycles. The predicted molar refractivity (Wildman–Crippen MR) is 75.3 cm³/mol. The number of hydrogen-bond donors (Lipinski definition) is 2. The molecule has 0 fully saturated rings. The summed E-state index contributed by atoms with van der Waals surface area (Å²) in [4.78, 5) is 8.57. The van der Waals surface area contributed by atoms with Crippen LogP contribution in [0.2, 0.25) is 0 Å². The molecule has 98 valence electrons. The fourth-order valence-corrected chi connectivity index (χ4v) is 1.29. The highest BCUT2D eigenvalue weighted by molar-refractivity contribution is 5.74. The average molecular weight is 248 g/mol. The fourth-order valence-electron chi connectivity index (χ4n) is 1.29. The molecule has 1 aromatic rings. The van der Waals surface area contributed by atoms with Crippen molar-refractivity contribution in [1.29, 1.82) is 0 Å². The third-order valence-corrected chi connectivity index (χ3v) is 2.24. The summed E-state index contributed by atoms with van der Waals surface area (Å²) >= 11 is 0. The van der Waals surface area contributed by atoms with Crippen molar-refractivity contribution in [2.75, 3.05) is 0 Å². The van der Waals surface area contributed by atoms with E-state index in [0.29, 0.717) is 12.8 Å². The lowest BCUT2D eigenvalue weighted by Crippen LogP contribution is -1.99. The molecular formula is C14H20N2O2. The maximum atomic E-state index is 9.15. The zero-order chi connectivity index (χ0) is 13.4. The van der Waals surface area contributed by atoms with Gasteiger partial charge in [-0.05, 0) is 26.0 Å². The van der Waals surface area contributed by atoms with Crippen LogP contribution in [0.1, 0.15) is 26.7 Å². The van der Waals surface area contributed by atoms with E-state index in [0.717, 1.165) is 11.4 Å². The van der Waals surface area contributed by atoms with E-state index < -0.39 is 0 Å². The monoisotopic (exact) mass is 248 g/mol. The second kappa shape index (κ2) is 7.74. The number of nitrogens with zero attached hydrogens (tertiary/aromatic N) is 2. The van der Waals surface area contributed by atoms with Gasteiger partial charge < -0.3 is 10.2 Å². The molecule has 0 radical (unpaired) electrons. The summed E-state index contributed by atoms with van der Waals surface area (Å²) in [6, 6.07) is 7.52. The topological polar surface area (TPSA) is 65.2 Å². The number of para-hydroxylation sites is 2. The van der Waals surface area contributed by atoms with Crippen molar-refractivity contribution in [3.8, 4) is 0 Å². The first-order chi connectivity index (χ1) is 8.59. The van der Waals surface area contributed by atoms with Gasteiger partial charge in [0.25, 0.3) is 0 Å². The van der Waals surface area contributed by atoms with Crippen LogP contribution in [-0.2, 0) is 0 Å². The zero-order valence-corrected chi connectivity index (χ0v) is 10.8. The normalized spacial score (nSPS) is 15.3. The Morgan fingerprint density at radius 1 is 0.944 bits per heavy atom. The first kappa shape index (κ1) is 14.5. The predicted octanol–water partition coefficient (Wildman–Crippen LogP) is 2.63. The SMILES string of the molecule is CC(O)CC=Nc1ccccc1N=CCC(C)O. The van der Waals surface area contributed by atoms with Crippen molar-refractivity contribution in [2.45, 2.75) is 38.9 Å².